The van der Waals surface area contributed by atoms with Gasteiger partial charge < -0.3 is 10.2 Å². The van der Waals surface area contributed by atoms with E-state index in [2.05, 4.69) is 48.5 Å². The summed E-state index contributed by atoms with van der Waals surface area (Å²) in [4.78, 5) is 10.7. The molecule has 1 unspecified atom stereocenters. The monoisotopic (exact) mass is 436 g/mol. The Labute approximate surface area is 192 Å². The van der Waals surface area contributed by atoms with E-state index in [0.717, 1.165) is 45.3 Å². The quantitative estimate of drug-likeness (QED) is 0.374. The molecular formula is C26H36N4S. The molecule has 2 atom stereocenters. The summed E-state index contributed by atoms with van der Waals surface area (Å²) in [7, 11) is 4.01. The van der Waals surface area contributed by atoms with Gasteiger partial charge in [0.15, 0.2) is 0 Å². The molecule has 1 aromatic carbocycles. The van der Waals surface area contributed by atoms with Crippen LogP contribution < -0.4 is 5.32 Å². The lowest BCUT2D eigenvalue weighted by atomic mass is 10.2. The number of nitrogens with one attached hydrogen (secondary N) is 1. The third kappa shape index (κ3) is 7.91. The molecule has 0 bridgehead atoms. The highest BCUT2D eigenvalue weighted by Crippen LogP contribution is 2.41. The molecule has 0 amide bonds. The second-order valence-electron chi connectivity index (χ2n) is 8.12. The molecule has 0 radical (unpaired) electrons. The Morgan fingerprint density at radius 3 is 2.39 bits per heavy atom. The zero-order valence-electron chi connectivity index (χ0n) is 19.6. The average Bonchev–Trinajstić information content (AvgIpc) is 3.51. The van der Waals surface area contributed by atoms with Gasteiger partial charge in [-0.25, -0.2) is 4.98 Å². The van der Waals surface area contributed by atoms with Crippen LogP contribution in [0.5, 0.6) is 0 Å². The molecule has 2 aromatic rings. The van der Waals surface area contributed by atoms with Crippen LogP contribution in [0.3, 0.4) is 0 Å². The molecular weight excluding hydrogens is 400 g/mol. The number of benzene rings is 1. The van der Waals surface area contributed by atoms with Crippen LogP contribution in [0.2, 0.25) is 0 Å². The molecule has 1 N–H and O–H groups in total. The van der Waals surface area contributed by atoms with Gasteiger partial charge in [-0.15, -0.1) is 0 Å². The highest BCUT2D eigenvalue weighted by atomic mass is 32.2. The third-order valence-electron chi connectivity index (χ3n) is 5.06. The van der Waals surface area contributed by atoms with Crippen molar-refractivity contribution in [2.24, 2.45) is 16.8 Å². The van der Waals surface area contributed by atoms with Gasteiger partial charge in [0.25, 0.3) is 0 Å². The van der Waals surface area contributed by atoms with E-state index in [1.807, 2.05) is 68.5 Å². The SMILES string of the molecule is C=C(NCCC)C1C[C@@H]1C.C=N/C(=C(/Sc1ccc(C)cn1)N(C)C)c1ccccc1. The van der Waals surface area contributed by atoms with Gasteiger partial charge in [0.05, 0.1) is 5.70 Å². The Morgan fingerprint density at radius 1 is 1.23 bits per heavy atom. The third-order valence-corrected chi connectivity index (χ3v) is 6.26. The second-order valence-corrected chi connectivity index (χ2v) is 9.13. The molecule has 4 nitrogen and oxygen atoms in total. The number of hydrogen-bond acceptors (Lipinski definition) is 5. The van der Waals surface area contributed by atoms with Crippen molar-refractivity contribution in [2.75, 3.05) is 20.6 Å². The van der Waals surface area contributed by atoms with Gasteiger partial charge in [-0.3, -0.25) is 4.99 Å². The van der Waals surface area contributed by atoms with Crippen LogP contribution in [0.25, 0.3) is 5.70 Å². The smallest absolute Gasteiger partial charge is 0.103 e. The number of aliphatic imine (C=N–C) groups is 1. The van der Waals surface area contributed by atoms with Crippen molar-refractivity contribution in [1.29, 1.82) is 0 Å². The summed E-state index contributed by atoms with van der Waals surface area (Å²) >= 11 is 1.59. The second kappa shape index (κ2) is 12.4. The van der Waals surface area contributed by atoms with Gasteiger partial charge in [0.1, 0.15) is 10.1 Å². The zero-order chi connectivity index (χ0) is 22.8. The summed E-state index contributed by atoms with van der Waals surface area (Å²) in [5.74, 6) is 1.67. The maximum atomic E-state index is 4.45. The van der Waals surface area contributed by atoms with Crippen LogP contribution in [-0.4, -0.2) is 37.2 Å². The van der Waals surface area contributed by atoms with E-state index < -0.39 is 0 Å². The molecule has 0 spiro atoms. The van der Waals surface area contributed by atoms with E-state index >= 15 is 0 Å². The van der Waals surface area contributed by atoms with E-state index in [0.29, 0.717) is 0 Å². The van der Waals surface area contributed by atoms with E-state index in [-0.39, 0.29) is 0 Å². The maximum absolute atomic E-state index is 4.45. The topological polar surface area (TPSA) is 40.5 Å². The molecule has 5 heteroatoms. The Bertz CT molecular complexity index is 872. The van der Waals surface area contributed by atoms with Gasteiger partial charge in [-0.2, -0.15) is 0 Å². The van der Waals surface area contributed by atoms with Crippen LogP contribution in [0, 0.1) is 18.8 Å². The van der Waals surface area contributed by atoms with Crippen molar-refractivity contribution in [3.05, 3.63) is 77.1 Å². The molecule has 3 rings (SSSR count). The van der Waals surface area contributed by atoms with Gasteiger partial charge in [-0.1, -0.05) is 68.6 Å². The number of allylic oxidation sites excluding steroid dienone is 1. The Balaban J connectivity index is 0.000000285. The molecule has 166 valence electrons. The first-order chi connectivity index (χ1) is 14.9. The van der Waals surface area contributed by atoms with E-state index in [4.69, 9.17) is 0 Å². The first-order valence-corrected chi connectivity index (χ1v) is 11.7. The van der Waals surface area contributed by atoms with Crippen molar-refractivity contribution in [3.63, 3.8) is 0 Å². The zero-order valence-corrected chi connectivity index (χ0v) is 20.4. The van der Waals surface area contributed by atoms with Crippen LogP contribution in [0.15, 0.2) is 76.0 Å². The van der Waals surface area contributed by atoms with Gasteiger partial charge >= 0.3 is 0 Å². The number of rotatable bonds is 9. The number of hydrogen-bond donors (Lipinski definition) is 1. The van der Waals surface area contributed by atoms with Gasteiger partial charge in [0, 0.05) is 44.0 Å². The molecule has 1 aromatic heterocycles. The summed E-state index contributed by atoms with van der Waals surface area (Å²) in [6, 6.07) is 14.2. The lowest BCUT2D eigenvalue weighted by Gasteiger charge is -2.19. The van der Waals surface area contributed by atoms with Crippen molar-refractivity contribution in [1.82, 2.24) is 15.2 Å². The average molecular weight is 437 g/mol. The van der Waals surface area contributed by atoms with Crippen LogP contribution in [0.1, 0.15) is 37.8 Å². The summed E-state index contributed by atoms with van der Waals surface area (Å²) in [5, 5.41) is 5.30. The Kier molecular flexibility index (Phi) is 9.86. The fourth-order valence-corrected chi connectivity index (χ4v) is 3.97. The fraction of sp³-hybridized carbons (Fsp3) is 0.385. The minimum atomic E-state index is 0.784. The molecule has 1 aliphatic rings. The Hall–Kier alpha value is -2.53. The molecule has 1 aliphatic carbocycles. The molecule has 0 aliphatic heterocycles. The number of nitrogens with zero attached hydrogens (tertiary/aromatic N) is 3. The first-order valence-electron chi connectivity index (χ1n) is 10.8. The van der Waals surface area contributed by atoms with Crippen molar-refractivity contribution in [2.45, 2.75) is 38.6 Å². The predicted octanol–water partition coefficient (Wildman–Crippen LogP) is 6.23. The number of pyridine rings is 1. The molecule has 1 saturated carbocycles. The standard InChI is InChI=1S/C17H19N3S.C9H17N/c1-13-10-11-15(19-12-13)21-17(20(3)4)16(18-2)14-8-6-5-7-9-14;1-4-5-10-8(3)9-6-7(9)2/h5-12H,2H2,1,3-4H3;7,9-10H,3-6H2,1-2H3/b17-16+;/t;7-,9?/m.0/s1. The van der Waals surface area contributed by atoms with E-state index in [9.17, 15) is 0 Å². The van der Waals surface area contributed by atoms with Gasteiger partial charge in [-0.05, 0) is 44.0 Å². The lowest BCUT2D eigenvalue weighted by Crippen LogP contribution is -2.14. The van der Waals surface area contributed by atoms with E-state index in [1.165, 1.54) is 18.5 Å². The lowest BCUT2D eigenvalue weighted by molar-refractivity contribution is 0.551. The minimum absolute atomic E-state index is 0.784. The first kappa shape index (κ1) is 24.7. The molecule has 1 heterocycles. The summed E-state index contributed by atoms with van der Waals surface area (Å²) in [6.45, 7) is 15.3. The van der Waals surface area contributed by atoms with Crippen LogP contribution in [0.4, 0.5) is 0 Å². The van der Waals surface area contributed by atoms with Gasteiger partial charge in [0.2, 0.25) is 0 Å². The predicted molar refractivity (Wildman–Crippen MR) is 136 cm³/mol. The molecule has 0 saturated heterocycles. The largest absolute Gasteiger partial charge is 0.389 e. The van der Waals surface area contributed by atoms with Crippen molar-refractivity contribution in [3.8, 4) is 0 Å². The van der Waals surface area contributed by atoms with Crippen molar-refractivity contribution < 1.29 is 0 Å². The molecule has 1 fully saturated rings. The highest BCUT2D eigenvalue weighted by molar-refractivity contribution is 8.03. The van der Waals surface area contributed by atoms with Crippen LogP contribution in [-0.2, 0) is 0 Å². The normalized spacial score (nSPS) is 17.6. The number of aryl methyl sites for hydroxylation is 1. The minimum Gasteiger partial charge on any atom is -0.389 e. The fourth-order valence-electron chi connectivity index (χ4n) is 3.07. The van der Waals surface area contributed by atoms with E-state index in [1.54, 1.807) is 11.8 Å². The summed E-state index contributed by atoms with van der Waals surface area (Å²) in [5.41, 5.74) is 4.33. The maximum Gasteiger partial charge on any atom is 0.103 e. The Morgan fingerprint density at radius 2 is 1.90 bits per heavy atom. The summed E-state index contributed by atoms with van der Waals surface area (Å²) < 4.78 is 0. The molecule has 31 heavy (non-hydrogen) atoms. The number of thioether (sulfide) groups is 1. The van der Waals surface area contributed by atoms with Crippen molar-refractivity contribution >= 4 is 24.2 Å². The summed E-state index contributed by atoms with van der Waals surface area (Å²) in [6.07, 6.45) is 4.41. The van der Waals surface area contributed by atoms with Crippen LogP contribution >= 0.6 is 11.8 Å². The number of aromatic nitrogens is 1. The highest BCUT2D eigenvalue weighted by Gasteiger charge is 2.34.